The molecule has 0 bridgehead atoms. The molecule has 1 aliphatic heterocycles. The molecule has 170 valence electrons. The average molecular weight is 449 g/mol. The summed E-state index contributed by atoms with van der Waals surface area (Å²) in [6.45, 7) is 1.84. The van der Waals surface area contributed by atoms with Gasteiger partial charge in [-0.2, -0.15) is 10.2 Å². The molecule has 1 fully saturated rings. The third-order valence-electron chi connectivity index (χ3n) is 6.04. The number of alkyl halides is 1. The van der Waals surface area contributed by atoms with Crippen molar-refractivity contribution in [3.63, 3.8) is 0 Å². The third kappa shape index (κ3) is 4.61. The maximum Gasteiger partial charge on any atom is 0.260 e. The molecule has 0 unspecified atom stereocenters. The Labute approximate surface area is 190 Å². The molecule has 5 heterocycles. The second kappa shape index (κ2) is 9.07. The molecule has 0 radical (unpaired) electrons. The Bertz CT molecular complexity index is 1270. The minimum absolute atomic E-state index is 0.221. The normalized spacial score (nSPS) is 15.2. The van der Waals surface area contributed by atoms with Gasteiger partial charge < -0.3 is 10.2 Å². The van der Waals surface area contributed by atoms with Crippen LogP contribution in [0.3, 0.4) is 0 Å². The van der Waals surface area contributed by atoms with Crippen molar-refractivity contribution in [2.75, 3.05) is 31.6 Å². The highest BCUT2D eigenvalue weighted by Gasteiger charge is 2.22. The first-order valence-corrected chi connectivity index (χ1v) is 11.0. The number of aryl methyl sites for hydroxylation is 1. The Morgan fingerprint density at radius 3 is 2.67 bits per heavy atom. The topological polar surface area (TPSA) is 93.8 Å². The predicted molar refractivity (Wildman–Crippen MR) is 123 cm³/mol. The summed E-state index contributed by atoms with van der Waals surface area (Å²) < 4.78 is 16.1. The van der Waals surface area contributed by atoms with Crippen LogP contribution >= 0.6 is 0 Å². The number of amides is 1. The van der Waals surface area contributed by atoms with Gasteiger partial charge in [0.15, 0.2) is 0 Å². The first kappa shape index (κ1) is 21.2. The second-order valence-corrected chi connectivity index (χ2v) is 8.31. The molecule has 1 amide bonds. The standard InChI is InChI=1S/C23H25FN8O/c1-30-14-18(11-27-30)17-8-16-9-22(26-13-21(16)25-10-17)29-23(33)19-12-28-32(15-19)20-2-5-31(6-3-20)7-4-24/h8-15,20H,2-7H2,1H3,(H,26,29,33). The van der Waals surface area contributed by atoms with Crippen LogP contribution in [0, 0.1) is 0 Å². The number of pyridine rings is 2. The second-order valence-electron chi connectivity index (χ2n) is 8.31. The van der Waals surface area contributed by atoms with Crippen LogP contribution in [-0.2, 0) is 7.05 Å². The summed E-state index contributed by atoms with van der Waals surface area (Å²) >= 11 is 0. The number of hydrogen-bond donors (Lipinski definition) is 1. The lowest BCUT2D eigenvalue weighted by Crippen LogP contribution is -2.36. The summed E-state index contributed by atoms with van der Waals surface area (Å²) in [6, 6.07) is 4.04. The zero-order valence-electron chi connectivity index (χ0n) is 18.4. The van der Waals surface area contributed by atoms with Crippen molar-refractivity contribution in [3.05, 3.63) is 54.9 Å². The van der Waals surface area contributed by atoms with E-state index in [1.165, 1.54) is 0 Å². The summed E-state index contributed by atoms with van der Waals surface area (Å²) in [5, 5.41) is 12.3. The first-order chi connectivity index (χ1) is 16.1. The highest BCUT2D eigenvalue weighted by molar-refractivity contribution is 6.04. The molecule has 0 atom stereocenters. The number of nitrogens with zero attached hydrogens (tertiary/aromatic N) is 7. The summed E-state index contributed by atoms with van der Waals surface area (Å²) in [5.74, 6) is 0.184. The van der Waals surface area contributed by atoms with Gasteiger partial charge in [0, 0.05) is 61.8 Å². The molecule has 5 rings (SSSR count). The van der Waals surface area contributed by atoms with Gasteiger partial charge >= 0.3 is 0 Å². The van der Waals surface area contributed by atoms with Crippen LogP contribution in [0.1, 0.15) is 29.2 Å². The van der Waals surface area contributed by atoms with Crippen LogP contribution in [0.4, 0.5) is 10.2 Å². The van der Waals surface area contributed by atoms with Crippen LogP contribution in [0.2, 0.25) is 0 Å². The fourth-order valence-corrected chi connectivity index (χ4v) is 4.20. The average Bonchev–Trinajstić information content (AvgIpc) is 3.49. The molecular weight excluding hydrogens is 423 g/mol. The van der Waals surface area contributed by atoms with Crippen molar-refractivity contribution < 1.29 is 9.18 Å². The van der Waals surface area contributed by atoms with Crippen LogP contribution < -0.4 is 5.32 Å². The molecule has 0 saturated carbocycles. The van der Waals surface area contributed by atoms with Crippen molar-refractivity contribution in [3.8, 4) is 11.1 Å². The molecule has 0 aromatic carbocycles. The Morgan fingerprint density at radius 2 is 1.91 bits per heavy atom. The fourth-order valence-electron chi connectivity index (χ4n) is 4.20. The molecular formula is C23H25FN8O. The lowest BCUT2D eigenvalue weighted by molar-refractivity contribution is 0.102. The summed E-state index contributed by atoms with van der Waals surface area (Å²) in [5.41, 5.74) is 3.13. The lowest BCUT2D eigenvalue weighted by atomic mass is 10.1. The van der Waals surface area contributed by atoms with Gasteiger partial charge in [0.25, 0.3) is 5.91 Å². The van der Waals surface area contributed by atoms with Crippen molar-refractivity contribution in [2.24, 2.45) is 7.05 Å². The Hall–Kier alpha value is -3.66. The number of halogens is 1. The molecule has 1 aliphatic rings. The van der Waals surface area contributed by atoms with Crippen LogP contribution in [0.15, 0.2) is 49.3 Å². The van der Waals surface area contributed by atoms with Crippen molar-refractivity contribution in [1.29, 1.82) is 0 Å². The van der Waals surface area contributed by atoms with Gasteiger partial charge in [-0.1, -0.05) is 0 Å². The number of aromatic nitrogens is 6. The predicted octanol–water partition coefficient (Wildman–Crippen LogP) is 3.09. The van der Waals surface area contributed by atoms with Gasteiger partial charge in [0.05, 0.1) is 35.7 Å². The molecule has 1 N–H and O–H groups in total. The van der Waals surface area contributed by atoms with E-state index in [2.05, 4.69) is 30.4 Å². The Balaban J connectivity index is 1.28. The van der Waals surface area contributed by atoms with Crippen molar-refractivity contribution >= 4 is 22.6 Å². The smallest absolute Gasteiger partial charge is 0.260 e. The van der Waals surface area contributed by atoms with Gasteiger partial charge in [-0.15, -0.1) is 0 Å². The monoisotopic (exact) mass is 448 g/mol. The minimum Gasteiger partial charge on any atom is -0.306 e. The number of carbonyl (C=O) groups excluding carboxylic acids is 1. The lowest BCUT2D eigenvalue weighted by Gasteiger charge is -2.31. The zero-order valence-corrected chi connectivity index (χ0v) is 18.4. The van der Waals surface area contributed by atoms with E-state index in [0.29, 0.717) is 17.9 Å². The Kier molecular flexibility index (Phi) is 5.82. The maximum absolute atomic E-state index is 12.8. The zero-order chi connectivity index (χ0) is 22.8. The molecule has 0 aliphatic carbocycles. The fraction of sp³-hybridized carbons (Fsp3) is 0.348. The van der Waals surface area contributed by atoms with Crippen molar-refractivity contribution in [2.45, 2.75) is 18.9 Å². The number of hydrogen-bond acceptors (Lipinski definition) is 6. The number of likely N-dealkylation sites (tertiary alicyclic amines) is 1. The largest absolute Gasteiger partial charge is 0.306 e. The van der Waals surface area contributed by atoms with Gasteiger partial charge in [0.2, 0.25) is 0 Å². The molecule has 33 heavy (non-hydrogen) atoms. The molecule has 4 aromatic rings. The molecule has 10 heteroatoms. The highest BCUT2D eigenvalue weighted by atomic mass is 19.1. The van der Waals surface area contributed by atoms with E-state index in [1.54, 1.807) is 35.7 Å². The van der Waals surface area contributed by atoms with E-state index < -0.39 is 0 Å². The minimum atomic E-state index is -0.319. The van der Waals surface area contributed by atoms with Crippen molar-refractivity contribution in [1.82, 2.24) is 34.4 Å². The molecule has 9 nitrogen and oxygen atoms in total. The number of nitrogens with one attached hydrogen (secondary N) is 1. The SMILES string of the molecule is Cn1cc(-c2cnc3cnc(NC(=O)c4cnn(C5CCN(CCF)CC5)c4)cc3c2)cn1. The third-order valence-corrected chi connectivity index (χ3v) is 6.04. The number of fused-ring (bicyclic) bond motifs is 1. The quantitative estimate of drug-likeness (QED) is 0.487. The van der Waals surface area contributed by atoms with E-state index in [-0.39, 0.29) is 18.6 Å². The van der Waals surface area contributed by atoms with Gasteiger partial charge in [-0.05, 0) is 25.0 Å². The van der Waals surface area contributed by atoms with E-state index in [1.807, 2.05) is 30.1 Å². The number of anilines is 1. The van der Waals surface area contributed by atoms with E-state index in [4.69, 9.17) is 0 Å². The Morgan fingerprint density at radius 1 is 1.06 bits per heavy atom. The van der Waals surface area contributed by atoms with E-state index in [0.717, 1.165) is 48.0 Å². The number of carbonyl (C=O) groups is 1. The first-order valence-electron chi connectivity index (χ1n) is 11.0. The van der Waals surface area contributed by atoms with E-state index in [9.17, 15) is 9.18 Å². The van der Waals surface area contributed by atoms with Crippen LogP contribution in [-0.4, -0.2) is 66.6 Å². The molecule has 0 spiro atoms. The summed E-state index contributed by atoms with van der Waals surface area (Å²) in [4.78, 5) is 23.7. The summed E-state index contributed by atoms with van der Waals surface area (Å²) in [7, 11) is 1.87. The van der Waals surface area contributed by atoms with Gasteiger partial charge in [0.1, 0.15) is 12.5 Å². The number of rotatable bonds is 6. The highest BCUT2D eigenvalue weighted by Crippen LogP contribution is 2.24. The molecule has 4 aromatic heterocycles. The van der Waals surface area contributed by atoms with Crippen LogP contribution in [0.25, 0.3) is 22.0 Å². The maximum atomic E-state index is 12.8. The summed E-state index contributed by atoms with van der Waals surface area (Å²) in [6.07, 6.45) is 12.3. The van der Waals surface area contributed by atoms with Gasteiger partial charge in [-0.25, -0.2) is 9.37 Å². The molecule has 1 saturated heterocycles. The number of piperidine rings is 1. The van der Waals surface area contributed by atoms with Gasteiger partial charge in [-0.3, -0.25) is 19.1 Å². The van der Waals surface area contributed by atoms with Crippen LogP contribution in [0.5, 0.6) is 0 Å². The van der Waals surface area contributed by atoms with E-state index >= 15 is 0 Å².